The van der Waals surface area contributed by atoms with Crippen LogP contribution in [0, 0.1) is 0 Å². The average molecular weight is 782 g/mol. The second-order valence-electron chi connectivity index (χ2n) is 13.5. The summed E-state index contributed by atoms with van der Waals surface area (Å²) in [6, 6.07) is -1.33. The lowest BCUT2D eigenvalue weighted by Gasteiger charge is -2.46. The number of carbonyl (C=O) groups is 1. The Balaban J connectivity index is 1.38. The van der Waals surface area contributed by atoms with E-state index < -0.39 is 174 Å². The molecular formula is C29H51NO23. The smallest absolute Gasteiger partial charge is 0.224 e. The van der Waals surface area contributed by atoms with Gasteiger partial charge in [-0.05, 0) is 0 Å². The summed E-state index contributed by atoms with van der Waals surface area (Å²) in [5.41, 5.74) is 0. The molecule has 53 heavy (non-hydrogen) atoms. The van der Waals surface area contributed by atoms with Crippen LogP contribution in [0.4, 0.5) is 0 Å². The molecule has 4 heterocycles. The van der Waals surface area contributed by atoms with Crippen LogP contribution in [0.1, 0.15) is 13.3 Å². The first-order chi connectivity index (χ1) is 24.8. The SMILES string of the molecule is CC(=O)N[C@H]1[C@H]([C@H](O)[C@H](O)CO)O[C@](O)(COC[C@H]2OC(OC[C@H]3OC(O[C@]4(CO)O[C@H](CO)[C@@H](O)[C@@H]4O)[C@H](O)[C@@H](O)[C@@H]3O)[C@H](O)[C@@H](O)[C@H]2O)C[C@@H]1O. The topological polar surface area (TPSA) is 397 Å². The number of nitrogens with one attached hydrogen (secondary N) is 1. The summed E-state index contributed by atoms with van der Waals surface area (Å²) in [6.07, 6.45) is -31.1. The molecule has 0 aromatic carbocycles. The number of amides is 1. The second-order valence-corrected chi connectivity index (χ2v) is 13.5. The number of rotatable bonds is 15. The van der Waals surface area contributed by atoms with Gasteiger partial charge in [0, 0.05) is 13.3 Å². The van der Waals surface area contributed by atoms with E-state index in [1.54, 1.807) is 0 Å². The number of aliphatic hydroxyl groups excluding tert-OH is 14. The number of ether oxygens (including phenoxy) is 7. The molecule has 0 aromatic heterocycles. The summed E-state index contributed by atoms with van der Waals surface area (Å²) in [5, 5.41) is 157. The lowest BCUT2D eigenvalue weighted by molar-refractivity contribution is -0.388. The van der Waals surface area contributed by atoms with Gasteiger partial charge in [-0.15, -0.1) is 0 Å². The Labute approximate surface area is 300 Å². The standard InChI is InChI=1S/C29H51NO23/c1-9(34)30-15-10(35)2-28(46,52-24(15)16(37)11(36)3-31)8-47-5-13-17(38)20(41)22(43)26(49-13)48-6-14-18(39)21(42)23(44)27(50-14)53-29(7-33)25(45)19(40)12(4-32)51-29/h10-27,31-33,35-46H,2-8H2,1H3,(H,30,34)/t10-,11+,12+,13+,14+,15+,16+,17-,18+,19+,20-,21-,22+,23+,24+,25-,26?,27?,28-,29-/m0/s1. The normalized spacial score (nSPS) is 47.6. The zero-order valence-electron chi connectivity index (χ0n) is 28.3. The van der Waals surface area contributed by atoms with Gasteiger partial charge in [-0.1, -0.05) is 0 Å². The highest BCUT2D eigenvalue weighted by atomic mass is 16.8. The number of aliphatic hydroxyl groups is 15. The Morgan fingerprint density at radius 1 is 0.792 bits per heavy atom. The molecule has 0 spiro atoms. The molecule has 4 fully saturated rings. The Morgan fingerprint density at radius 2 is 1.38 bits per heavy atom. The van der Waals surface area contributed by atoms with Crippen molar-refractivity contribution in [3.05, 3.63) is 0 Å². The highest BCUT2D eigenvalue weighted by Gasteiger charge is 2.59. The van der Waals surface area contributed by atoms with Gasteiger partial charge in [0.25, 0.3) is 0 Å². The van der Waals surface area contributed by atoms with Crippen molar-refractivity contribution in [3.63, 3.8) is 0 Å². The molecule has 0 bridgehead atoms. The van der Waals surface area contributed by atoms with Crippen LogP contribution in [0.15, 0.2) is 0 Å². The maximum absolute atomic E-state index is 11.7. The molecule has 310 valence electrons. The van der Waals surface area contributed by atoms with Crippen molar-refractivity contribution < 1.29 is 115 Å². The van der Waals surface area contributed by atoms with Crippen LogP contribution in [-0.2, 0) is 38.0 Å². The van der Waals surface area contributed by atoms with E-state index >= 15 is 0 Å². The molecule has 20 atom stereocenters. The molecule has 4 aliphatic heterocycles. The van der Waals surface area contributed by atoms with Crippen molar-refractivity contribution in [3.8, 4) is 0 Å². The van der Waals surface area contributed by atoms with Crippen molar-refractivity contribution in [2.24, 2.45) is 0 Å². The molecule has 0 saturated carbocycles. The fraction of sp³-hybridized carbons (Fsp3) is 0.966. The average Bonchev–Trinajstić information content (AvgIpc) is 3.36. The maximum Gasteiger partial charge on any atom is 0.224 e. The first kappa shape index (κ1) is 44.3. The molecule has 0 radical (unpaired) electrons. The van der Waals surface area contributed by atoms with E-state index in [0.717, 1.165) is 6.92 Å². The van der Waals surface area contributed by atoms with Gasteiger partial charge >= 0.3 is 0 Å². The van der Waals surface area contributed by atoms with Crippen molar-refractivity contribution in [1.82, 2.24) is 5.32 Å². The summed E-state index contributed by atoms with van der Waals surface area (Å²) in [5.74, 6) is -5.48. The van der Waals surface area contributed by atoms with E-state index in [9.17, 15) is 81.4 Å². The molecule has 24 nitrogen and oxygen atoms in total. The molecule has 2 unspecified atom stereocenters. The van der Waals surface area contributed by atoms with Gasteiger partial charge in [-0.3, -0.25) is 4.79 Å². The van der Waals surface area contributed by atoms with E-state index in [-0.39, 0.29) is 0 Å². The van der Waals surface area contributed by atoms with Crippen molar-refractivity contribution in [1.29, 1.82) is 0 Å². The Hall–Kier alpha value is -1.41. The van der Waals surface area contributed by atoms with Gasteiger partial charge in [0.15, 0.2) is 18.4 Å². The summed E-state index contributed by atoms with van der Waals surface area (Å²) in [6.45, 7) is -3.97. The van der Waals surface area contributed by atoms with Crippen LogP contribution >= 0.6 is 0 Å². The van der Waals surface area contributed by atoms with Crippen molar-refractivity contribution >= 4 is 5.91 Å². The zero-order chi connectivity index (χ0) is 39.6. The molecule has 4 aliphatic rings. The minimum absolute atomic E-state index is 0.598. The Bertz CT molecular complexity index is 1180. The highest BCUT2D eigenvalue weighted by Crippen LogP contribution is 2.36. The van der Waals surface area contributed by atoms with Crippen LogP contribution in [0.25, 0.3) is 0 Å². The number of hydrogen-bond acceptors (Lipinski definition) is 23. The van der Waals surface area contributed by atoms with Crippen LogP contribution < -0.4 is 5.32 Å². The van der Waals surface area contributed by atoms with Crippen LogP contribution in [0.2, 0.25) is 0 Å². The van der Waals surface area contributed by atoms with Crippen molar-refractivity contribution in [2.45, 2.75) is 135 Å². The summed E-state index contributed by atoms with van der Waals surface area (Å²) in [4.78, 5) is 11.7. The second kappa shape index (κ2) is 18.2. The van der Waals surface area contributed by atoms with E-state index in [0.29, 0.717) is 0 Å². The molecule has 4 saturated heterocycles. The lowest BCUT2D eigenvalue weighted by atomic mass is 9.89. The van der Waals surface area contributed by atoms with E-state index in [2.05, 4.69) is 5.32 Å². The Morgan fingerprint density at radius 3 is 1.92 bits per heavy atom. The van der Waals surface area contributed by atoms with Crippen LogP contribution in [0.5, 0.6) is 0 Å². The zero-order valence-corrected chi connectivity index (χ0v) is 28.3. The van der Waals surface area contributed by atoms with Gasteiger partial charge in [0.2, 0.25) is 11.7 Å². The fourth-order valence-corrected chi connectivity index (χ4v) is 6.50. The van der Waals surface area contributed by atoms with E-state index in [4.69, 9.17) is 33.2 Å². The molecule has 4 rings (SSSR count). The molecule has 0 aromatic rings. The van der Waals surface area contributed by atoms with Crippen LogP contribution in [-0.4, -0.2) is 244 Å². The summed E-state index contributed by atoms with van der Waals surface area (Å²) >= 11 is 0. The molecule has 24 heteroatoms. The third kappa shape index (κ3) is 9.59. The predicted molar refractivity (Wildman–Crippen MR) is 162 cm³/mol. The van der Waals surface area contributed by atoms with Gasteiger partial charge in [-0.2, -0.15) is 0 Å². The summed E-state index contributed by atoms with van der Waals surface area (Å²) in [7, 11) is 0. The first-order valence-electron chi connectivity index (χ1n) is 16.7. The fourth-order valence-electron chi connectivity index (χ4n) is 6.50. The van der Waals surface area contributed by atoms with Crippen molar-refractivity contribution in [2.75, 3.05) is 39.6 Å². The maximum atomic E-state index is 11.7. The molecule has 0 aliphatic carbocycles. The van der Waals surface area contributed by atoms with Crippen LogP contribution in [0.3, 0.4) is 0 Å². The minimum Gasteiger partial charge on any atom is -0.394 e. The summed E-state index contributed by atoms with van der Waals surface area (Å²) < 4.78 is 38.1. The first-order valence-corrected chi connectivity index (χ1v) is 16.7. The number of hydrogen-bond donors (Lipinski definition) is 16. The third-order valence-corrected chi connectivity index (χ3v) is 9.53. The predicted octanol–water partition coefficient (Wildman–Crippen LogP) is -10.5. The monoisotopic (exact) mass is 781 g/mol. The molecule has 1 amide bonds. The van der Waals surface area contributed by atoms with E-state index in [1.807, 2.05) is 0 Å². The highest BCUT2D eigenvalue weighted by molar-refractivity contribution is 5.73. The van der Waals surface area contributed by atoms with Gasteiger partial charge in [0.05, 0.1) is 38.6 Å². The van der Waals surface area contributed by atoms with Gasteiger partial charge in [0.1, 0.15) is 98.7 Å². The minimum atomic E-state index is -2.45. The molecular weight excluding hydrogens is 730 g/mol. The number of carbonyl (C=O) groups excluding carboxylic acids is 1. The largest absolute Gasteiger partial charge is 0.394 e. The lowest BCUT2D eigenvalue weighted by Crippen LogP contribution is -2.66. The van der Waals surface area contributed by atoms with Gasteiger partial charge in [-0.25, -0.2) is 0 Å². The quantitative estimate of drug-likeness (QED) is 0.0733. The van der Waals surface area contributed by atoms with Gasteiger partial charge < -0.3 is 115 Å². The Kier molecular flexibility index (Phi) is 15.2. The van der Waals surface area contributed by atoms with E-state index in [1.165, 1.54) is 0 Å². The molecule has 16 N–H and O–H groups in total. The third-order valence-electron chi connectivity index (χ3n) is 9.53.